The van der Waals surface area contributed by atoms with Gasteiger partial charge in [-0.25, -0.2) is 0 Å². The average molecular weight is 307 g/mol. The molecule has 0 aromatic heterocycles. The number of nitrogens with two attached hydrogens (primary N) is 1. The molecule has 2 fully saturated rings. The average Bonchev–Trinajstić information content (AvgIpc) is 2.80. The Hall–Kier alpha value is -0.330. The molecule has 21 heavy (non-hydrogen) atoms. The maximum absolute atomic E-state index is 13.1. The van der Waals surface area contributed by atoms with Gasteiger partial charge in [-0.15, -0.1) is 0 Å². The summed E-state index contributed by atoms with van der Waals surface area (Å²) in [7, 11) is 4.08. The number of nitrogens with zero attached hydrogens (tertiary/aromatic N) is 2. The van der Waals surface area contributed by atoms with Gasteiger partial charge in [0.15, 0.2) is 0 Å². The van der Waals surface area contributed by atoms with Gasteiger partial charge in [0.2, 0.25) is 0 Å². The van der Waals surface area contributed by atoms with Gasteiger partial charge >= 0.3 is 6.18 Å². The van der Waals surface area contributed by atoms with Crippen LogP contribution in [0.4, 0.5) is 13.2 Å². The number of hydrogen-bond acceptors (Lipinski definition) is 3. The number of likely N-dealkylation sites (tertiary alicyclic amines) is 1. The van der Waals surface area contributed by atoms with E-state index < -0.39 is 17.6 Å². The van der Waals surface area contributed by atoms with Crippen molar-refractivity contribution in [3.63, 3.8) is 0 Å². The lowest BCUT2D eigenvalue weighted by molar-refractivity contribution is -0.193. The van der Waals surface area contributed by atoms with Gasteiger partial charge in [0.05, 0.1) is 5.92 Å². The SMILES string of the molecule is CC1CN(C2(CN)CCCC(C(F)(F)F)C2)CC1N(C)C. The van der Waals surface area contributed by atoms with Crippen LogP contribution in [0.25, 0.3) is 0 Å². The molecular weight excluding hydrogens is 279 g/mol. The van der Waals surface area contributed by atoms with Crippen LogP contribution in [0.1, 0.15) is 32.6 Å². The molecule has 0 spiro atoms. The van der Waals surface area contributed by atoms with Crippen molar-refractivity contribution >= 4 is 0 Å². The van der Waals surface area contributed by atoms with Crippen molar-refractivity contribution < 1.29 is 13.2 Å². The predicted octanol–water partition coefficient (Wildman–Crippen LogP) is 2.32. The lowest BCUT2D eigenvalue weighted by Gasteiger charge is -2.47. The van der Waals surface area contributed by atoms with Crippen LogP contribution >= 0.6 is 0 Å². The van der Waals surface area contributed by atoms with Gasteiger partial charge < -0.3 is 10.6 Å². The summed E-state index contributed by atoms with van der Waals surface area (Å²) in [6.45, 7) is 4.19. The van der Waals surface area contributed by atoms with Crippen LogP contribution in [0.15, 0.2) is 0 Å². The molecule has 124 valence electrons. The monoisotopic (exact) mass is 307 g/mol. The highest BCUT2D eigenvalue weighted by molar-refractivity contribution is 5.02. The Morgan fingerprint density at radius 1 is 1.29 bits per heavy atom. The van der Waals surface area contributed by atoms with Gasteiger partial charge in [0, 0.05) is 31.2 Å². The van der Waals surface area contributed by atoms with E-state index in [1.54, 1.807) is 0 Å². The van der Waals surface area contributed by atoms with Crippen LogP contribution in [0, 0.1) is 11.8 Å². The highest BCUT2D eigenvalue weighted by atomic mass is 19.4. The summed E-state index contributed by atoms with van der Waals surface area (Å²) in [5, 5.41) is 0. The Morgan fingerprint density at radius 3 is 2.43 bits per heavy atom. The van der Waals surface area contributed by atoms with Gasteiger partial charge in [-0.3, -0.25) is 4.90 Å². The molecule has 2 rings (SSSR count). The summed E-state index contributed by atoms with van der Waals surface area (Å²) < 4.78 is 39.4. The van der Waals surface area contributed by atoms with Gasteiger partial charge in [0.1, 0.15) is 0 Å². The quantitative estimate of drug-likeness (QED) is 0.868. The van der Waals surface area contributed by atoms with Crippen LogP contribution in [0.2, 0.25) is 0 Å². The molecule has 1 aliphatic carbocycles. The molecule has 0 aromatic rings. The maximum Gasteiger partial charge on any atom is 0.391 e. The smallest absolute Gasteiger partial charge is 0.329 e. The van der Waals surface area contributed by atoms with E-state index in [9.17, 15) is 13.2 Å². The first-order chi connectivity index (χ1) is 9.69. The Kier molecular flexibility index (Phi) is 4.90. The molecule has 1 aliphatic heterocycles. The highest BCUT2D eigenvalue weighted by Gasteiger charge is 2.51. The van der Waals surface area contributed by atoms with Crippen LogP contribution in [-0.4, -0.2) is 61.3 Å². The summed E-state index contributed by atoms with van der Waals surface area (Å²) >= 11 is 0. The molecule has 3 nitrogen and oxygen atoms in total. The fourth-order valence-electron chi connectivity index (χ4n) is 4.23. The first kappa shape index (κ1) is 17.0. The minimum Gasteiger partial charge on any atom is -0.329 e. The van der Waals surface area contributed by atoms with Crippen molar-refractivity contribution in [2.45, 2.75) is 50.4 Å². The topological polar surface area (TPSA) is 32.5 Å². The van der Waals surface area contributed by atoms with E-state index in [1.165, 1.54) is 0 Å². The molecule has 6 heteroatoms. The zero-order chi connectivity index (χ0) is 15.8. The highest BCUT2D eigenvalue weighted by Crippen LogP contribution is 2.45. The van der Waals surface area contributed by atoms with E-state index in [1.807, 2.05) is 14.1 Å². The van der Waals surface area contributed by atoms with Crippen LogP contribution in [-0.2, 0) is 0 Å². The summed E-state index contributed by atoms with van der Waals surface area (Å²) in [5.41, 5.74) is 5.51. The Balaban J connectivity index is 2.15. The lowest BCUT2D eigenvalue weighted by atomic mass is 9.74. The van der Waals surface area contributed by atoms with Crippen molar-refractivity contribution in [1.82, 2.24) is 9.80 Å². The minimum absolute atomic E-state index is 0.167. The van der Waals surface area contributed by atoms with Gasteiger partial charge in [0.25, 0.3) is 0 Å². The van der Waals surface area contributed by atoms with Gasteiger partial charge in [-0.2, -0.15) is 13.2 Å². The van der Waals surface area contributed by atoms with Crippen molar-refractivity contribution in [2.75, 3.05) is 33.7 Å². The van der Waals surface area contributed by atoms with Crippen molar-refractivity contribution in [3.8, 4) is 0 Å². The standard InChI is InChI=1S/C15H28F3N3/c1-11-8-21(9-13(11)20(2)3)14(10-19)6-4-5-12(7-14)15(16,17)18/h11-13H,4-10,19H2,1-3H3. The summed E-state index contributed by atoms with van der Waals surface area (Å²) in [6, 6.07) is 0.402. The molecule has 4 atom stereocenters. The Morgan fingerprint density at radius 2 is 1.95 bits per heavy atom. The fraction of sp³-hybridized carbons (Fsp3) is 1.00. The van der Waals surface area contributed by atoms with E-state index in [0.717, 1.165) is 19.5 Å². The number of halogens is 3. The second kappa shape index (κ2) is 6.05. The second-order valence-corrected chi connectivity index (χ2v) is 7.18. The second-order valence-electron chi connectivity index (χ2n) is 7.18. The van der Waals surface area contributed by atoms with Gasteiger partial charge in [-0.1, -0.05) is 13.3 Å². The minimum atomic E-state index is -4.09. The molecule has 0 bridgehead atoms. The largest absolute Gasteiger partial charge is 0.391 e. The molecule has 2 N–H and O–H groups in total. The lowest BCUT2D eigenvalue weighted by Crippen LogP contribution is -2.57. The Bertz CT molecular complexity index is 359. The molecular formula is C15H28F3N3. The number of likely N-dealkylation sites (N-methyl/N-ethyl adjacent to an activating group) is 1. The first-order valence-electron chi connectivity index (χ1n) is 7.88. The third kappa shape index (κ3) is 3.37. The van der Waals surface area contributed by atoms with E-state index >= 15 is 0 Å². The zero-order valence-corrected chi connectivity index (χ0v) is 13.3. The van der Waals surface area contributed by atoms with Gasteiger partial charge in [-0.05, 0) is 39.3 Å². The van der Waals surface area contributed by atoms with Crippen molar-refractivity contribution in [1.29, 1.82) is 0 Å². The van der Waals surface area contributed by atoms with E-state index in [2.05, 4.69) is 16.7 Å². The first-order valence-corrected chi connectivity index (χ1v) is 7.88. The molecule has 0 amide bonds. The normalized spacial score (nSPS) is 39.1. The van der Waals surface area contributed by atoms with E-state index in [-0.39, 0.29) is 12.8 Å². The molecule has 0 radical (unpaired) electrons. The van der Waals surface area contributed by atoms with Crippen LogP contribution in [0.3, 0.4) is 0 Å². The summed E-state index contributed by atoms with van der Waals surface area (Å²) in [4.78, 5) is 4.43. The molecule has 2 aliphatic rings. The summed E-state index contributed by atoms with van der Waals surface area (Å²) in [5.74, 6) is -0.724. The number of hydrogen-bond donors (Lipinski definition) is 1. The van der Waals surface area contributed by atoms with Crippen LogP contribution in [0.5, 0.6) is 0 Å². The zero-order valence-electron chi connectivity index (χ0n) is 13.3. The van der Waals surface area contributed by atoms with Crippen molar-refractivity contribution in [3.05, 3.63) is 0 Å². The molecule has 1 saturated heterocycles. The van der Waals surface area contributed by atoms with Crippen molar-refractivity contribution in [2.24, 2.45) is 17.6 Å². The van der Waals surface area contributed by atoms with Crippen LogP contribution < -0.4 is 5.73 Å². The van der Waals surface area contributed by atoms with E-state index in [4.69, 9.17) is 5.73 Å². The maximum atomic E-state index is 13.1. The number of rotatable bonds is 3. The molecule has 0 aromatic carbocycles. The van der Waals surface area contributed by atoms with E-state index in [0.29, 0.717) is 24.9 Å². The number of alkyl halides is 3. The Labute approximate surface area is 125 Å². The predicted molar refractivity (Wildman–Crippen MR) is 78.0 cm³/mol. The molecule has 1 saturated carbocycles. The third-order valence-corrected chi connectivity index (χ3v) is 5.57. The molecule has 1 heterocycles. The molecule has 4 unspecified atom stereocenters. The summed E-state index contributed by atoms with van der Waals surface area (Å²) in [6.07, 6.45) is -2.25. The third-order valence-electron chi connectivity index (χ3n) is 5.57. The fourth-order valence-corrected chi connectivity index (χ4v) is 4.23.